The van der Waals surface area contributed by atoms with Crippen molar-refractivity contribution in [2.45, 2.75) is 23.5 Å². The average Bonchev–Trinajstić information content (AvgIpc) is 3.26. The van der Waals surface area contributed by atoms with Crippen molar-refractivity contribution in [1.82, 2.24) is 14.5 Å². The van der Waals surface area contributed by atoms with Gasteiger partial charge in [-0.15, -0.1) is 0 Å². The van der Waals surface area contributed by atoms with Crippen LogP contribution < -0.4 is 4.90 Å². The van der Waals surface area contributed by atoms with Crippen molar-refractivity contribution in [1.29, 1.82) is 0 Å². The number of rotatable bonds is 6. The second kappa shape index (κ2) is 8.54. The van der Waals surface area contributed by atoms with Gasteiger partial charge in [-0.1, -0.05) is 36.9 Å². The molecule has 0 saturated carbocycles. The highest BCUT2D eigenvalue weighted by Gasteiger charge is 2.41. The quantitative estimate of drug-likeness (QED) is 0.296. The van der Waals surface area contributed by atoms with E-state index in [1.165, 1.54) is 29.2 Å². The zero-order chi connectivity index (χ0) is 22.9. The maximum atomic E-state index is 13.0. The lowest BCUT2D eigenvalue weighted by Crippen LogP contribution is -2.33. The Morgan fingerprint density at radius 1 is 0.969 bits per heavy atom. The van der Waals surface area contributed by atoms with Gasteiger partial charge in [0.15, 0.2) is 0 Å². The number of carbonyl (C=O) groups is 2. The van der Waals surface area contributed by atoms with Crippen LogP contribution in [-0.2, 0) is 17.9 Å². The number of benzene rings is 2. The largest absolute Gasteiger partial charge is 0.446 e. The van der Waals surface area contributed by atoms with E-state index in [1.54, 1.807) is 12.4 Å². The monoisotopic (exact) mass is 458 g/mol. The van der Waals surface area contributed by atoms with Gasteiger partial charge >= 0.3 is 11.5 Å². The minimum Gasteiger partial charge on any atom is -0.329 e. The van der Waals surface area contributed by atoms with Gasteiger partial charge in [-0.2, -0.15) is 13.2 Å². The van der Waals surface area contributed by atoms with Crippen LogP contribution in [0.1, 0.15) is 11.4 Å². The Balaban J connectivity index is 1.52. The number of halogens is 3. The Bertz CT molecular complexity index is 1160. The standard InChI is InChI=1S/C22H17F3N4O2S/c1-15-20(30)29(17-7-9-18(10-8-17)32-22(23,24)25)21(31)28(15)14-19-26-11-12-27(19)13-16-5-3-2-4-6-16/h2-12H,1,13-14H2. The molecule has 0 atom stereocenters. The Morgan fingerprint density at radius 2 is 1.66 bits per heavy atom. The molecule has 0 radical (unpaired) electrons. The molecule has 164 valence electrons. The number of aromatic nitrogens is 2. The highest BCUT2D eigenvalue weighted by Crippen LogP contribution is 2.38. The number of imidazole rings is 1. The number of hydrogen-bond acceptors (Lipinski definition) is 4. The first-order valence-electron chi connectivity index (χ1n) is 9.47. The lowest BCUT2D eigenvalue weighted by Gasteiger charge is -2.18. The van der Waals surface area contributed by atoms with E-state index in [9.17, 15) is 22.8 Å². The van der Waals surface area contributed by atoms with Crippen LogP contribution in [0.25, 0.3) is 0 Å². The fraction of sp³-hybridized carbons (Fsp3) is 0.136. The van der Waals surface area contributed by atoms with E-state index in [0.717, 1.165) is 10.5 Å². The molecule has 10 heteroatoms. The summed E-state index contributed by atoms with van der Waals surface area (Å²) in [5, 5.41) is 0. The third-order valence-electron chi connectivity index (χ3n) is 4.82. The second-order valence-electron chi connectivity index (χ2n) is 6.95. The number of carbonyl (C=O) groups excluding carboxylic acids is 2. The molecular formula is C22H17F3N4O2S. The zero-order valence-corrected chi connectivity index (χ0v) is 17.4. The molecule has 32 heavy (non-hydrogen) atoms. The topological polar surface area (TPSA) is 58.4 Å². The van der Waals surface area contributed by atoms with E-state index in [1.807, 2.05) is 34.9 Å². The van der Waals surface area contributed by atoms with E-state index >= 15 is 0 Å². The van der Waals surface area contributed by atoms with Crippen molar-refractivity contribution in [2.24, 2.45) is 0 Å². The lowest BCUT2D eigenvalue weighted by atomic mass is 10.2. The van der Waals surface area contributed by atoms with Crippen molar-refractivity contribution in [3.63, 3.8) is 0 Å². The maximum absolute atomic E-state index is 13.0. The minimum atomic E-state index is -4.42. The van der Waals surface area contributed by atoms with Gasteiger partial charge in [0.1, 0.15) is 11.5 Å². The number of amides is 3. The van der Waals surface area contributed by atoms with Gasteiger partial charge in [-0.05, 0) is 41.6 Å². The summed E-state index contributed by atoms with van der Waals surface area (Å²) in [5.41, 5.74) is -3.23. The molecule has 6 nitrogen and oxygen atoms in total. The van der Waals surface area contributed by atoms with Gasteiger partial charge in [0.2, 0.25) is 0 Å². The molecule has 1 aliphatic heterocycles. The third kappa shape index (κ3) is 4.54. The van der Waals surface area contributed by atoms with Crippen LogP contribution in [0, 0.1) is 0 Å². The number of nitrogens with zero attached hydrogens (tertiary/aromatic N) is 4. The molecule has 0 bridgehead atoms. The summed E-state index contributed by atoms with van der Waals surface area (Å²) >= 11 is -0.268. The number of urea groups is 1. The highest BCUT2D eigenvalue weighted by atomic mass is 32.2. The first-order chi connectivity index (χ1) is 15.2. The van der Waals surface area contributed by atoms with Gasteiger partial charge in [-0.3, -0.25) is 9.69 Å². The molecule has 1 aromatic heterocycles. The number of alkyl halides is 3. The van der Waals surface area contributed by atoms with Crippen molar-refractivity contribution in [3.05, 3.63) is 90.7 Å². The van der Waals surface area contributed by atoms with Crippen molar-refractivity contribution in [3.8, 4) is 0 Å². The third-order valence-corrected chi connectivity index (χ3v) is 5.56. The molecular weight excluding hydrogens is 441 g/mol. The summed E-state index contributed by atoms with van der Waals surface area (Å²) in [6.07, 6.45) is 3.39. The SMILES string of the molecule is C=C1C(=O)N(c2ccc(SC(F)(F)F)cc2)C(=O)N1Cc1nccn1Cc1ccccc1. The predicted octanol–water partition coefficient (Wildman–Crippen LogP) is 5.03. The molecule has 1 saturated heterocycles. The zero-order valence-electron chi connectivity index (χ0n) is 16.6. The smallest absolute Gasteiger partial charge is 0.329 e. The normalized spacial score (nSPS) is 14.5. The molecule has 1 aliphatic rings. The number of anilines is 1. The van der Waals surface area contributed by atoms with Crippen molar-refractivity contribution < 1.29 is 22.8 Å². The molecule has 0 unspecified atom stereocenters. The van der Waals surface area contributed by atoms with Crippen LogP contribution in [0.4, 0.5) is 23.7 Å². The van der Waals surface area contributed by atoms with Crippen LogP contribution in [0.15, 0.2) is 84.2 Å². The maximum Gasteiger partial charge on any atom is 0.446 e. The van der Waals surface area contributed by atoms with Crippen molar-refractivity contribution in [2.75, 3.05) is 4.90 Å². The van der Waals surface area contributed by atoms with Crippen LogP contribution in [0.5, 0.6) is 0 Å². The van der Waals surface area contributed by atoms with E-state index < -0.39 is 17.4 Å². The van der Waals surface area contributed by atoms with Crippen LogP contribution >= 0.6 is 11.8 Å². The second-order valence-corrected chi connectivity index (χ2v) is 8.09. The minimum absolute atomic E-state index is 0.0295. The summed E-state index contributed by atoms with van der Waals surface area (Å²) in [6, 6.07) is 14.1. The van der Waals surface area contributed by atoms with E-state index in [2.05, 4.69) is 11.6 Å². The molecule has 0 spiro atoms. The van der Waals surface area contributed by atoms with E-state index in [4.69, 9.17) is 0 Å². The molecule has 4 rings (SSSR count). The summed E-state index contributed by atoms with van der Waals surface area (Å²) in [7, 11) is 0. The Kier molecular flexibility index (Phi) is 5.79. The summed E-state index contributed by atoms with van der Waals surface area (Å²) in [5.74, 6) is -0.0673. The predicted molar refractivity (Wildman–Crippen MR) is 114 cm³/mol. The Hall–Kier alpha value is -3.53. The number of thioether (sulfide) groups is 1. The first-order valence-corrected chi connectivity index (χ1v) is 10.3. The van der Waals surface area contributed by atoms with Gasteiger partial charge in [0.25, 0.3) is 5.91 Å². The number of hydrogen-bond donors (Lipinski definition) is 0. The van der Waals surface area contributed by atoms with Gasteiger partial charge in [0.05, 0.1) is 12.2 Å². The molecule has 0 aliphatic carbocycles. The molecule has 2 aromatic carbocycles. The summed E-state index contributed by atoms with van der Waals surface area (Å²) in [6.45, 7) is 4.30. The van der Waals surface area contributed by atoms with Crippen LogP contribution in [-0.4, -0.2) is 31.9 Å². The van der Waals surface area contributed by atoms with E-state index in [0.29, 0.717) is 12.4 Å². The fourth-order valence-electron chi connectivity index (χ4n) is 3.31. The van der Waals surface area contributed by atoms with Crippen LogP contribution in [0.2, 0.25) is 0 Å². The molecule has 3 aromatic rings. The highest BCUT2D eigenvalue weighted by molar-refractivity contribution is 8.00. The number of imide groups is 1. The van der Waals surface area contributed by atoms with Gasteiger partial charge in [-0.25, -0.2) is 14.7 Å². The Morgan fingerprint density at radius 3 is 2.31 bits per heavy atom. The molecule has 1 fully saturated rings. The summed E-state index contributed by atoms with van der Waals surface area (Å²) in [4.78, 5) is 32.1. The Labute approximate surface area is 186 Å². The van der Waals surface area contributed by atoms with Crippen molar-refractivity contribution >= 4 is 29.4 Å². The van der Waals surface area contributed by atoms with Gasteiger partial charge in [0, 0.05) is 23.8 Å². The molecule has 0 N–H and O–H groups in total. The average molecular weight is 458 g/mol. The molecule has 3 amide bonds. The van der Waals surface area contributed by atoms with Crippen LogP contribution in [0.3, 0.4) is 0 Å². The fourth-order valence-corrected chi connectivity index (χ4v) is 3.85. The first kappa shape index (κ1) is 21.7. The summed E-state index contributed by atoms with van der Waals surface area (Å²) < 4.78 is 39.5. The van der Waals surface area contributed by atoms with E-state index in [-0.39, 0.29) is 34.6 Å². The lowest BCUT2D eigenvalue weighted by molar-refractivity contribution is -0.114. The van der Waals surface area contributed by atoms with Gasteiger partial charge < -0.3 is 4.57 Å². The molecule has 2 heterocycles.